The van der Waals surface area contributed by atoms with Crippen molar-refractivity contribution in [1.82, 2.24) is 10.2 Å². The van der Waals surface area contributed by atoms with E-state index < -0.39 is 6.10 Å². The highest BCUT2D eigenvalue weighted by atomic mass is 16.3. The van der Waals surface area contributed by atoms with E-state index in [0.29, 0.717) is 5.92 Å². The van der Waals surface area contributed by atoms with E-state index in [1.807, 2.05) is 30.3 Å². The van der Waals surface area contributed by atoms with Crippen molar-refractivity contribution in [2.75, 3.05) is 0 Å². The molecule has 1 atom stereocenters. The Bertz CT molecular complexity index is 515. The van der Waals surface area contributed by atoms with Crippen molar-refractivity contribution in [3.05, 3.63) is 42.1 Å². The highest BCUT2D eigenvalue weighted by Gasteiger charge is 2.26. The summed E-state index contributed by atoms with van der Waals surface area (Å²) >= 11 is 0. The van der Waals surface area contributed by atoms with Crippen LogP contribution in [0.2, 0.25) is 0 Å². The molecule has 0 amide bonds. The third-order valence-electron chi connectivity index (χ3n) is 4.15. The lowest BCUT2D eigenvalue weighted by molar-refractivity contribution is 0.0853. The standard InChI is InChI=1S/C16H20N2O/c19-16(13-9-5-2-6-10-13)14-11-17-18-15(14)12-7-3-1-4-8-12/h1,3-4,7-8,11,13,16,19H,2,5-6,9-10H2,(H,17,18). The fourth-order valence-electron chi connectivity index (χ4n) is 3.06. The molecule has 1 aromatic carbocycles. The van der Waals surface area contributed by atoms with Crippen LogP contribution in [0.3, 0.4) is 0 Å². The average molecular weight is 256 g/mol. The predicted octanol–water partition coefficient (Wildman–Crippen LogP) is 3.69. The summed E-state index contributed by atoms with van der Waals surface area (Å²) in [6.45, 7) is 0. The van der Waals surface area contributed by atoms with Gasteiger partial charge in [-0.15, -0.1) is 0 Å². The fraction of sp³-hybridized carbons (Fsp3) is 0.438. The number of aliphatic hydroxyl groups is 1. The van der Waals surface area contributed by atoms with Gasteiger partial charge in [-0.1, -0.05) is 49.6 Å². The molecule has 3 heteroatoms. The summed E-state index contributed by atoms with van der Waals surface area (Å²) in [7, 11) is 0. The van der Waals surface area contributed by atoms with E-state index in [0.717, 1.165) is 29.7 Å². The molecule has 3 nitrogen and oxygen atoms in total. The minimum absolute atomic E-state index is 0.383. The number of hydrogen-bond acceptors (Lipinski definition) is 2. The van der Waals surface area contributed by atoms with Crippen LogP contribution in [0.5, 0.6) is 0 Å². The van der Waals surface area contributed by atoms with Crippen LogP contribution in [0, 0.1) is 5.92 Å². The zero-order valence-corrected chi connectivity index (χ0v) is 11.0. The summed E-state index contributed by atoms with van der Waals surface area (Å²) in [5.41, 5.74) is 2.99. The van der Waals surface area contributed by atoms with Gasteiger partial charge in [0, 0.05) is 5.56 Å². The molecule has 0 aliphatic heterocycles. The largest absolute Gasteiger partial charge is 0.388 e. The number of benzene rings is 1. The third kappa shape index (κ3) is 2.56. The number of aromatic amines is 1. The summed E-state index contributed by atoms with van der Waals surface area (Å²) in [6.07, 6.45) is 7.41. The Balaban J connectivity index is 1.87. The quantitative estimate of drug-likeness (QED) is 0.879. The second-order valence-electron chi connectivity index (χ2n) is 5.41. The van der Waals surface area contributed by atoms with E-state index in [2.05, 4.69) is 10.2 Å². The molecule has 19 heavy (non-hydrogen) atoms. The maximum Gasteiger partial charge on any atom is 0.0854 e. The van der Waals surface area contributed by atoms with Crippen molar-refractivity contribution in [2.24, 2.45) is 5.92 Å². The number of nitrogens with zero attached hydrogens (tertiary/aromatic N) is 1. The molecule has 0 bridgehead atoms. The highest BCUT2D eigenvalue weighted by Crippen LogP contribution is 2.37. The molecule has 3 rings (SSSR count). The lowest BCUT2D eigenvalue weighted by Crippen LogP contribution is -2.16. The topological polar surface area (TPSA) is 48.9 Å². The molecule has 0 spiro atoms. The molecule has 1 saturated carbocycles. The Hall–Kier alpha value is -1.61. The van der Waals surface area contributed by atoms with Gasteiger partial charge in [-0.05, 0) is 24.3 Å². The lowest BCUT2D eigenvalue weighted by Gasteiger charge is -2.26. The number of aromatic nitrogens is 2. The molecular weight excluding hydrogens is 236 g/mol. The van der Waals surface area contributed by atoms with Gasteiger partial charge in [0.25, 0.3) is 0 Å². The Kier molecular flexibility index (Phi) is 3.65. The van der Waals surface area contributed by atoms with Gasteiger partial charge in [-0.2, -0.15) is 5.10 Å². The molecule has 2 aromatic rings. The van der Waals surface area contributed by atoms with Crippen molar-refractivity contribution in [3.63, 3.8) is 0 Å². The minimum Gasteiger partial charge on any atom is -0.388 e. The molecule has 1 fully saturated rings. The monoisotopic (exact) mass is 256 g/mol. The van der Waals surface area contributed by atoms with E-state index in [1.54, 1.807) is 6.20 Å². The molecule has 0 radical (unpaired) electrons. The van der Waals surface area contributed by atoms with Gasteiger partial charge >= 0.3 is 0 Å². The molecule has 1 unspecified atom stereocenters. The molecule has 1 heterocycles. The third-order valence-corrected chi connectivity index (χ3v) is 4.15. The minimum atomic E-state index is -0.394. The molecule has 1 aromatic heterocycles. The SMILES string of the molecule is OC(c1cn[nH]c1-c1ccccc1)C1CCCCC1. The molecule has 0 saturated heterocycles. The number of aliphatic hydroxyl groups excluding tert-OH is 1. The van der Waals surface area contributed by atoms with E-state index in [9.17, 15) is 5.11 Å². The number of nitrogens with one attached hydrogen (secondary N) is 1. The maximum atomic E-state index is 10.6. The van der Waals surface area contributed by atoms with Crippen molar-refractivity contribution in [2.45, 2.75) is 38.2 Å². The summed E-state index contributed by atoms with van der Waals surface area (Å²) in [6, 6.07) is 10.1. The van der Waals surface area contributed by atoms with Crippen molar-refractivity contribution in [1.29, 1.82) is 0 Å². The van der Waals surface area contributed by atoms with Gasteiger partial charge in [-0.3, -0.25) is 5.10 Å². The van der Waals surface area contributed by atoms with Gasteiger partial charge in [0.1, 0.15) is 0 Å². The number of hydrogen-bond donors (Lipinski definition) is 2. The van der Waals surface area contributed by atoms with Crippen LogP contribution >= 0.6 is 0 Å². The summed E-state index contributed by atoms with van der Waals surface area (Å²) in [5, 5.41) is 17.8. The van der Waals surface area contributed by atoms with Gasteiger partial charge in [0.05, 0.1) is 18.0 Å². The van der Waals surface area contributed by atoms with Crippen LogP contribution < -0.4 is 0 Å². The predicted molar refractivity (Wildman–Crippen MR) is 75.6 cm³/mol. The molecule has 1 aliphatic rings. The summed E-state index contributed by atoms with van der Waals surface area (Å²) < 4.78 is 0. The zero-order valence-electron chi connectivity index (χ0n) is 11.0. The smallest absolute Gasteiger partial charge is 0.0854 e. The van der Waals surface area contributed by atoms with E-state index in [1.165, 1.54) is 19.3 Å². The Morgan fingerprint density at radius 3 is 2.58 bits per heavy atom. The van der Waals surface area contributed by atoms with E-state index in [-0.39, 0.29) is 0 Å². The zero-order chi connectivity index (χ0) is 13.1. The average Bonchev–Trinajstić information content (AvgIpc) is 2.98. The van der Waals surface area contributed by atoms with E-state index in [4.69, 9.17) is 0 Å². The van der Waals surface area contributed by atoms with Crippen molar-refractivity contribution < 1.29 is 5.11 Å². The van der Waals surface area contributed by atoms with Gasteiger partial charge in [0.2, 0.25) is 0 Å². The first kappa shape index (κ1) is 12.4. The summed E-state index contributed by atoms with van der Waals surface area (Å²) in [5.74, 6) is 0.383. The first-order valence-electron chi connectivity index (χ1n) is 7.13. The van der Waals surface area contributed by atoms with Crippen molar-refractivity contribution >= 4 is 0 Å². The lowest BCUT2D eigenvalue weighted by atomic mass is 9.82. The fourth-order valence-corrected chi connectivity index (χ4v) is 3.06. The molecule has 1 aliphatic carbocycles. The Morgan fingerprint density at radius 1 is 1.11 bits per heavy atom. The summed E-state index contributed by atoms with van der Waals surface area (Å²) in [4.78, 5) is 0. The maximum absolute atomic E-state index is 10.6. The van der Waals surface area contributed by atoms with E-state index >= 15 is 0 Å². The molecule has 100 valence electrons. The normalized spacial score (nSPS) is 18.4. The molecular formula is C16H20N2O. The second-order valence-corrected chi connectivity index (χ2v) is 5.41. The van der Waals surface area contributed by atoms with Crippen LogP contribution in [0.25, 0.3) is 11.3 Å². The van der Waals surface area contributed by atoms with Crippen LogP contribution in [0.1, 0.15) is 43.8 Å². The van der Waals surface area contributed by atoms with Crippen LogP contribution in [-0.4, -0.2) is 15.3 Å². The van der Waals surface area contributed by atoms with Gasteiger partial charge in [-0.25, -0.2) is 0 Å². The first-order chi connectivity index (χ1) is 9.36. The van der Waals surface area contributed by atoms with Crippen LogP contribution in [-0.2, 0) is 0 Å². The Morgan fingerprint density at radius 2 is 1.84 bits per heavy atom. The first-order valence-corrected chi connectivity index (χ1v) is 7.13. The van der Waals surface area contributed by atoms with Gasteiger partial charge < -0.3 is 5.11 Å². The second kappa shape index (κ2) is 5.57. The van der Waals surface area contributed by atoms with Crippen molar-refractivity contribution in [3.8, 4) is 11.3 Å². The molecule has 2 N–H and O–H groups in total. The van der Waals surface area contributed by atoms with Gasteiger partial charge in [0.15, 0.2) is 0 Å². The number of rotatable bonds is 3. The highest BCUT2D eigenvalue weighted by molar-refractivity contribution is 5.62. The van der Waals surface area contributed by atoms with Crippen LogP contribution in [0.15, 0.2) is 36.5 Å². The Labute approximate surface area is 113 Å². The van der Waals surface area contributed by atoms with Crippen LogP contribution in [0.4, 0.5) is 0 Å². The number of H-pyrrole nitrogens is 1.